The Labute approximate surface area is 137 Å². The quantitative estimate of drug-likeness (QED) is 0.789. The Morgan fingerprint density at radius 3 is 2.52 bits per heavy atom. The molecule has 2 rings (SSSR count). The van der Waals surface area contributed by atoms with E-state index in [-0.39, 0.29) is 0 Å². The molecule has 0 saturated heterocycles. The zero-order valence-corrected chi connectivity index (χ0v) is 13.8. The molecule has 2 N–H and O–H groups in total. The first-order valence-corrected chi connectivity index (χ1v) is 7.65. The molecule has 0 heterocycles. The van der Waals surface area contributed by atoms with Gasteiger partial charge in [-0.15, -0.1) is 0 Å². The minimum Gasteiger partial charge on any atom is -0.481 e. The van der Waals surface area contributed by atoms with Crippen LogP contribution in [0, 0.1) is 0 Å². The van der Waals surface area contributed by atoms with E-state index in [0.29, 0.717) is 11.6 Å². The molecule has 110 valence electrons. The van der Waals surface area contributed by atoms with Crippen LogP contribution in [0.2, 0.25) is 5.02 Å². The van der Waals surface area contributed by atoms with E-state index in [9.17, 15) is 4.79 Å². The molecule has 21 heavy (non-hydrogen) atoms. The molecule has 0 spiro atoms. The van der Waals surface area contributed by atoms with E-state index in [1.165, 1.54) is 0 Å². The highest BCUT2D eigenvalue weighted by molar-refractivity contribution is 9.10. The Bertz CT molecular complexity index is 643. The van der Waals surface area contributed by atoms with Crippen LogP contribution >= 0.6 is 27.5 Å². The summed E-state index contributed by atoms with van der Waals surface area (Å²) in [6.07, 6.45) is 0. The molecule has 0 bridgehead atoms. The average molecular weight is 369 g/mol. The number of carboxylic acid groups (broad SMARTS) is 1. The second kappa shape index (κ2) is 6.96. The van der Waals surface area contributed by atoms with Crippen LogP contribution in [0.4, 0.5) is 5.69 Å². The van der Waals surface area contributed by atoms with Crippen LogP contribution in [0.1, 0.15) is 24.0 Å². The summed E-state index contributed by atoms with van der Waals surface area (Å²) < 4.78 is 0.863. The minimum absolute atomic E-state index is 0.489. The molecule has 0 radical (unpaired) electrons. The number of carboxylic acids is 1. The molecule has 2 aromatic carbocycles. The molecule has 0 saturated carbocycles. The van der Waals surface area contributed by atoms with E-state index in [1.54, 1.807) is 6.92 Å². The van der Waals surface area contributed by atoms with Gasteiger partial charge in [-0.3, -0.25) is 4.79 Å². The average Bonchev–Trinajstić information content (AvgIpc) is 2.48. The van der Waals surface area contributed by atoms with Gasteiger partial charge in [0, 0.05) is 16.7 Å². The van der Waals surface area contributed by atoms with Gasteiger partial charge in [0.2, 0.25) is 0 Å². The number of nitrogens with one attached hydrogen (secondary N) is 1. The van der Waals surface area contributed by atoms with Crippen molar-refractivity contribution >= 4 is 39.2 Å². The maximum absolute atomic E-state index is 10.9. The number of aliphatic carboxylic acids is 1. The second-order valence-electron chi connectivity index (χ2n) is 4.78. The molecule has 3 nitrogen and oxygen atoms in total. The molecule has 0 aliphatic carbocycles. The van der Waals surface area contributed by atoms with Crippen molar-refractivity contribution in [2.75, 3.05) is 5.32 Å². The fourth-order valence-corrected chi connectivity index (χ4v) is 2.30. The van der Waals surface area contributed by atoms with Gasteiger partial charge in [0.15, 0.2) is 0 Å². The maximum atomic E-state index is 10.9. The number of benzene rings is 2. The number of anilines is 1. The molecule has 0 fully saturated rings. The van der Waals surface area contributed by atoms with Gasteiger partial charge >= 0.3 is 5.97 Å². The first-order chi connectivity index (χ1) is 9.97. The van der Waals surface area contributed by atoms with Crippen molar-refractivity contribution in [2.45, 2.75) is 19.4 Å². The monoisotopic (exact) mass is 367 g/mol. The standard InChI is InChI=1S/C16H15BrClNO2/c1-10(16(20)21)12-4-2-11(3-5-12)9-19-13-6-7-14(17)15(18)8-13/h2-8,10,19H,9H2,1H3,(H,20,21). The van der Waals surface area contributed by atoms with E-state index >= 15 is 0 Å². The zero-order chi connectivity index (χ0) is 15.4. The van der Waals surface area contributed by atoms with Crippen LogP contribution < -0.4 is 5.32 Å². The molecule has 0 amide bonds. The maximum Gasteiger partial charge on any atom is 0.310 e. The van der Waals surface area contributed by atoms with Crippen molar-refractivity contribution in [3.63, 3.8) is 0 Å². The molecule has 0 aliphatic heterocycles. The summed E-state index contributed by atoms with van der Waals surface area (Å²) in [6.45, 7) is 2.33. The molecule has 2 aromatic rings. The first kappa shape index (κ1) is 15.9. The predicted octanol–water partition coefficient (Wildman–Crippen LogP) is 4.90. The summed E-state index contributed by atoms with van der Waals surface area (Å²) >= 11 is 9.39. The fraction of sp³-hybridized carbons (Fsp3) is 0.188. The topological polar surface area (TPSA) is 49.3 Å². The molecule has 1 unspecified atom stereocenters. The van der Waals surface area contributed by atoms with E-state index in [2.05, 4.69) is 21.2 Å². The van der Waals surface area contributed by atoms with E-state index in [4.69, 9.17) is 16.7 Å². The lowest BCUT2D eigenvalue weighted by molar-refractivity contribution is -0.138. The van der Waals surface area contributed by atoms with Gasteiger partial charge in [0.1, 0.15) is 0 Å². The summed E-state index contributed by atoms with van der Waals surface area (Å²) in [5.74, 6) is -1.30. The Morgan fingerprint density at radius 1 is 1.29 bits per heavy atom. The van der Waals surface area contributed by atoms with Crippen LogP contribution in [0.15, 0.2) is 46.9 Å². The number of hydrogen-bond acceptors (Lipinski definition) is 2. The number of halogens is 2. The van der Waals surface area contributed by atoms with Crippen molar-refractivity contribution in [3.05, 3.63) is 63.1 Å². The van der Waals surface area contributed by atoms with Gasteiger partial charge < -0.3 is 10.4 Å². The van der Waals surface area contributed by atoms with Crippen LogP contribution in [0.25, 0.3) is 0 Å². The Hall–Kier alpha value is -1.52. The number of hydrogen-bond donors (Lipinski definition) is 2. The SMILES string of the molecule is CC(C(=O)O)c1ccc(CNc2ccc(Br)c(Cl)c2)cc1. The van der Waals surface area contributed by atoms with Crippen LogP contribution in [-0.2, 0) is 11.3 Å². The summed E-state index contributed by atoms with van der Waals surface area (Å²) in [5, 5.41) is 12.9. The van der Waals surface area contributed by atoms with Crippen molar-refractivity contribution in [1.82, 2.24) is 0 Å². The number of carbonyl (C=O) groups is 1. The van der Waals surface area contributed by atoms with Gasteiger partial charge in [-0.05, 0) is 52.2 Å². The molecule has 5 heteroatoms. The third kappa shape index (κ3) is 4.22. The predicted molar refractivity (Wildman–Crippen MR) is 89.0 cm³/mol. The zero-order valence-electron chi connectivity index (χ0n) is 11.4. The van der Waals surface area contributed by atoms with Crippen molar-refractivity contribution in [3.8, 4) is 0 Å². The van der Waals surface area contributed by atoms with E-state index in [0.717, 1.165) is 21.3 Å². The van der Waals surface area contributed by atoms with Gasteiger partial charge in [-0.25, -0.2) is 0 Å². The Balaban J connectivity index is 2.00. The first-order valence-electron chi connectivity index (χ1n) is 6.48. The van der Waals surface area contributed by atoms with Crippen molar-refractivity contribution < 1.29 is 9.90 Å². The lowest BCUT2D eigenvalue weighted by atomic mass is 10.00. The van der Waals surface area contributed by atoms with Crippen LogP contribution in [-0.4, -0.2) is 11.1 Å². The molecule has 0 aliphatic rings. The number of rotatable bonds is 5. The summed E-state index contributed by atoms with van der Waals surface area (Å²) in [6, 6.07) is 13.3. The summed E-state index contributed by atoms with van der Waals surface area (Å²) in [7, 11) is 0. The minimum atomic E-state index is -0.814. The molecular weight excluding hydrogens is 354 g/mol. The van der Waals surface area contributed by atoms with Gasteiger partial charge in [0.05, 0.1) is 10.9 Å². The smallest absolute Gasteiger partial charge is 0.310 e. The van der Waals surface area contributed by atoms with Gasteiger partial charge in [-0.2, -0.15) is 0 Å². The lowest BCUT2D eigenvalue weighted by Crippen LogP contribution is -2.07. The molecular formula is C16H15BrClNO2. The summed E-state index contributed by atoms with van der Waals surface area (Å²) in [4.78, 5) is 10.9. The highest BCUT2D eigenvalue weighted by atomic mass is 79.9. The lowest BCUT2D eigenvalue weighted by Gasteiger charge is -2.10. The van der Waals surface area contributed by atoms with Crippen LogP contribution in [0.5, 0.6) is 0 Å². The largest absolute Gasteiger partial charge is 0.481 e. The van der Waals surface area contributed by atoms with Crippen LogP contribution in [0.3, 0.4) is 0 Å². The highest BCUT2D eigenvalue weighted by Gasteiger charge is 2.12. The van der Waals surface area contributed by atoms with Gasteiger partial charge in [0.25, 0.3) is 0 Å². The fourth-order valence-electron chi connectivity index (χ4n) is 1.88. The summed E-state index contributed by atoms with van der Waals surface area (Å²) in [5.41, 5.74) is 2.82. The highest BCUT2D eigenvalue weighted by Crippen LogP contribution is 2.25. The normalized spacial score (nSPS) is 12.0. The third-order valence-electron chi connectivity index (χ3n) is 3.27. The van der Waals surface area contributed by atoms with E-state index < -0.39 is 11.9 Å². The Kier molecular flexibility index (Phi) is 5.26. The van der Waals surface area contributed by atoms with E-state index in [1.807, 2.05) is 42.5 Å². The van der Waals surface area contributed by atoms with Gasteiger partial charge in [-0.1, -0.05) is 35.9 Å². The van der Waals surface area contributed by atoms with Crippen molar-refractivity contribution in [1.29, 1.82) is 0 Å². The second-order valence-corrected chi connectivity index (χ2v) is 6.05. The third-order valence-corrected chi connectivity index (χ3v) is 4.50. The molecule has 0 aromatic heterocycles. The van der Waals surface area contributed by atoms with Crippen molar-refractivity contribution in [2.24, 2.45) is 0 Å². The molecule has 1 atom stereocenters. The Morgan fingerprint density at radius 2 is 1.95 bits per heavy atom.